The number of carboxylic acids is 1. The second-order valence-electron chi connectivity index (χ2n) is 5.66. The van der Waals surface area contributed by atoms with E-state index < -0.39 is 17.5 Å². The lowest BCUT2D eigenvalue weighted by molar-refractivity contribution is -0.144. The molecule has 1 aromatic carbocycles. The predicted octanol–water partition coefficient (Wildman–Crippen LogP) is 2.68. The normalized spacial score (nSPS) is 17.1. The van der Waals surface area contributed by atoms with Crippen molar-refractivity contribution >= 4 is 17.7 Å². The first-order chi connectivity index (χ1) is 9.33. The van der Waals surface area contributed by atoms with Gasteiger partial charge in [-0.05, 0) is 62.8 Å². The molecule has 0 aliphatic heterocycles. The van der Waals surface area contributed by atoms with Crippen LogP contribution in [0, 0.1) is 19.8 Å². The Labute approximate surface area is 118 Å². The number of carbonyl (C=O) groups is 2. The highest BCUT2D eigenvalue weighted by molar-refractivity contribution is 5.94. The van der Waals surface area contributed by atoms with Gasteiger partial charge in [0.25, 0.3) is 0 Å². The summed E-state index contributed by atoms with van der Waals surface area (Å²) in [6.07, 6.45) is 1.68. The van der Waals surface area contributed by atoms with E-state index in [0.717, 1.165) is 24.0 Å². The maximum Gasteiger partial charge on any atom is 0.329 e. The first kappa shape index (κ1) is 14.4. The highest BCUT2D eigenvalue weighted by Gasteiger charge is 2.48. The second kappa shape index (κ2) is 5.15. The van der Waals surface area contributed by atoms with Gasteiger partial charge in [-0.25, -0.2) is 9.59 Å². The van der Waals surface area contributed by atoms with Gasteiger partial charge in [0.2, 0.25) is 0 Å². The van der Waals surface area contributed by atoms with Crippen LogP contribution in [0.4, 0.5) is 10.5 Å². The number of rotatable bonds is 4. The minimum Gasteiger partial charge on any atom is -0.480 e. The molecule has 0 heterocycles. The number of benzene rings is 1. The van der Waals surface area contributed by atoms with Crippen LogP contribution in [0.1, 0.15) is 30.9 Å². The van der Waals surface area contributed by atoms with Crippen LogP contribution in [0.25, 0.3) is 0 Å². The number of urea groups is 1. The van der Waals surface area contributed by atoms with Gasteiger partial charge < -0.3 is 15.7 Å². The number of aryl methyl sites for hydroxylation is 2. The van der Waals surface area contributed by atoms with E-state index in [1.54, 1.807) is 13.0 Å². The number of anilines is 1. The Hall–Kier alpha value is -2.04. The molecule has 0 saturated heterocycles. The standard InChI is InChI=1S/C15H20N2O3/c1-9-4-7-12(8-10(9)2)16-14(20)17-15(3,13(18)19)11-5-6-11/h4,7-8,11H,5-6H2,1-3H3,(H,18,19)(H2,16,17,20). The zero-order chi connectivity index (χ0) is 14.9. The summed E-state index contributed by atoms with van der Waals surface area (Å²) in [4.78, 5) is 23.3. The average Bonchev–Trinajstić information content (AvgIpc) is 3.17. The van der Waals surface area contributed by atoms with Crippen LogP contribution in [0.2, 0.25) is 0 Å². The molecule has 0 aromatic heterocycles. The first-order valence-corrected chi connectivity index (χ1v) is 6.73. The molecule has 108 valence electrons. The second-order valence-corrected chi connectivity index (χ2v) is 5.66. The van der Waals surface area contributed by atoms with E-state index in [2.05, 4.69) is 10.6 Å². The van der Waals surface area contributed by atoms with Gasteiger partial charge in [0.1, 0.15) is 5.54 Å². The molecule has 0 bridgehead atoms. The van der Waals surface area contributed by atoms with E-state index in [1.165, 1.54) is 0 Å². The lowest BCUT2D eigenvalue weighted by atomic mass is 9.96. The molecule has 2 rings (SSSR count). The fourth-order valence-electron chi connectivity index (χ4n) is 2.21. The average molecular weight is 276 g/mol. The minimum atomic E-state index is -1.19. The monoisotopic (exact) mass is 276 g/mol. The maximum atomic E-state index is 12.0. The molecular weight excluding hydrogens is 256 g/mol. The van der Waals surface area contributed by atoms with Crippen LogP contribution in [0.3, 0.4) is 0 Å². The lowest BCUT2D eigenvalue weighted by Gasteiger charge is -2.26. The number of amides is 2. The number of hydrogen-bond acceptors (Lipinski definition) is 2. The minimum absolute atomic E-state index is 0.0190. The van der Waals surface area contributed by atoms with Crippen molar-refractivity contribution in [2.45, 2.75) is 39.2 Å². The lowest BCUT2D eigenvalue weighted by Crippen LogP contribution is -2.55. The van der Waals surface area contributed by atoms with Crippen molar-refractivity contribution < 1.29 is 14.7 Å². The van der Waals surface area contributed by atoms with Crippen molar-refractivity contribution in [3.05, 3.63) is 29.3 Å². The van der Waals surface area contributed by atoms with Gasteiger partial charge in [0.15, 0.2) is 0 Å². The molecule has 1 aliphatic carbocycles. The predicted molar refractivity (Wildman–Crippen MR) is 76.8 cm³/mol. The number of carboxylic acid groups (broad SMARTS) is 1. The van der Waals surface area contributed by atoms with Crippen molar-refractivity contribution in [3.8, 4) is 0 Å². The summed E-state index contributed by atoms with van der Waals surface area (Å²) in [5, 5.41) is 14.6. The molecule has 20 heavy (non-hydrogen) atoms. The van der Waals surface area contributed by atoms with Crippen molar-refractivity contribution in [1.29, 1.82) is 0 Å². The topological polar surface area (TPSA) is 78.4 Å². The van der Waals surface area contributed by atoms with E-state index >= 15 is 0 Å². The number of nitrogens with one attached hydrogen (secondary N) is 2. The molecule has 1 aromatic rings. The van der Waals surface area contributed by atoms with E-state index in [0.29, 0.717) is 5.69 Å². The van der Waals surface area contributed by atoms with Gasteiger partial charge in [-0.15, -0.1) is 0 Å². The summed E-state index contributed by atoms with van der Waals surface area (Å²) in [7, 11) is 0. The van der Waals surface area contributed by atoms with E-state index in [1.807, 2.05) is 26.0 Å². The van der Waals surface area contributed by atoms with Gasteiger partial charge in [-0.2, -0.15) is 0 Å². The third-order valence-electron chi connectivity index (χ3n) is 3.98. The van der Waals surface area contributed by atoms with Gasteiger partial charge >= 0.3 is 12.0 Å². The molecule has 1 saturated carbocycles. The zero-order valence-electron chi connectivity index (χ0n) is 12.0. The van der Waals surface area contributed by atoms with Crippen LogP contribution >= 0.6 is 0 Å². The molecule has 0 spiro atoms. The molecule has 5 heteroatoms. The van der Waals surface area contributed by atoms with Gasteiger partial charge in [0, 0.05) is 5.69 Å². The Morgan fingerprint density at radius 2 is 1.90 bits per heavy atom. The zero-order valence-corrected chi connectivity index (χ0v) is 12.0. The van der Waals surface area contributed by atoms with Crippen molar-refractivity contribution in [2.24, 2.45) is 5.92 Å². The Morgan fingerprint density at radius 3 is 2.40 bits per heavy atom. The molecule has 1 aliphatic rings. The molecular formula is C15H20N2O3. The Balaban J connectivity index is 2.04. The van der Waals surface area contributed by atoms with Crippen molar-refractivity contribution in [3.63, 3.8) is 0 Å². The van der Waals surface area contributed by atoms with Crippen LogP contribution in [-0.2, 0) is 4.79 Å². The summed E-state index contributed by atoms with van der Waals surface area (Å²) < 4.78 is 0. The van der Waals surface area contributed by atoms with E-state index in [4.69, 9.17) is 0 Å². The SMILES string of the molecule is Cc1ccc(NC(=O)NC(C)(C(=O)O)C2CC2)cc1C. The molecule has 0 radical (unpaired) electrons. The number of aliphatic carboxylic acids is 1. The summed E-state index contributed by atoms with van der Waals surface area (Å²) >= 11 is 0. The van der Waals surface area contributed by atoms with Crippen LogP contribution < -0.4 is 10.6 Å². The molecule has 1 fully saturated rings. The highest BCUT2D eigenvalue weighted by atomic mass is 16.4. The quantitative estimate of drug-likeness (QED) is 0.791. The number of hydrogen-bond donors (Lipinski definition) is 3. The van der Waals surface area contributed by atoms with E-state index in [9.17, 15) is 14.7 Å². The van der Waals surface area contributed by atoms with Crippen molar-refractivity contribution in [2.75, 3.05) is 5.32 Å². The Morgan fingerprint density at radius 1 is 1.25 bits per heavy atom. The molecule has 1 atom stereocenters. The van der Waals surface area contributed by atoms with Crippen molar-refractivity contribution in [1.82, 2.24) is 5.32 Å². The number of carbonyl (C=O) groups excluding carboxylic acids is 1. The largest absolute Gasteiger partial charge is 0.480 e. The van der Waals surface area contributed by atoms with Crippen LogP contribution in [0.15, 0.2) is 18.2 Å². The third-order valence-corrected chi connectivity index (χ3v) is 3.98. The molecule has 5 nitrogen and oxygen atoms in total. The first-order valence-electron chi connectivity index (χ1n) is 6.73. The third kappa shape index (κ3) is 2.92. The Kier molecular flexibility index (Phi) is 3.70. The van der Waals surface area contributed by atoms with Gasteiger partial charge in [0.05, 0.1) is 0 Å². The van der Waals surface area contributed by atoms with Gasteiger partial charge in [-0.3, -0.25) is 0 Å². The fourth-order valence-corrected chi connectivity index (χ4v) is 2.21. The smallest absolute Gasteiger partial charge is 0.329 e. The van der Waals surface area contributed by atoms with Crippen LogP contribution in [-0.4, -0.2) is 22.6 Å². The highest BCUT2D eigenvalue weighted by Crippen LogP contribution is 2.39. The van der Waals surface area contributed by atoms with Crippen LogP contribution in [0.5, 0.6) is 0 Å². The molecule has 3 N–H and O–H groups in total. The summed E-state index contributed by atoms with van der Waals surface area (Å²) in [5.74, 6) is -0.972. The fraction of sp³-hybridized carbons (Fsp3) is 0.467. The summed E-state index contributed by atoms with van der Waals surface area (Å²) in [5.41, 5.74) is 1.69. The Bertz CT molecular complexity index is 552. The molecule has 1 unspecified atom stereocenters. The van der Waals surface area contributed by atoms with Gasteiger partial charge in [-0.1, -0.05) is 6.07 Å². The summed E-state index contributed by atoms with van der Waals surface area (Å²) in [6, 6.07) is 5.11. The van der Waals surface area contributed by atoms with E-state index in [-0.39, 0.29) is 5.92 Å². The molecule has 2 amide bonds. The maximum absolute atomic E-state index is 12.0. The summed E-state index contributed by atoms with van der Waals surface area (Å²) in [6.45, 7) is 5.52.